The van der Waals surface area contributed by atoms with Gasteiger partial charge >= 0.3 is 0 Å². The molecule has 4 aromatic rings. The van der Waals surface area contributed by atoms with Gasteiger partial charge in [-0.25, -0.2) is 4.98 Å². The smallest absolute Gasteiger partial charge is 0.255 e. The summed E-state index contributed by atoms with van der Waals surface area (Å²) in [5.41, 5.74) is 5.40. The Kier molecular flexibility index (Phi) is 3.97. The molecular formula is C21H17N3O2. The molecule has 26 heavy (non-hydrogen) atoms. The van der Waals surface area contributed by atoms with Crippen molar-refractivity contribution in [2.24, 2.45) is 0 Å². The van der Waals surface area contributed by atoms with Crippen LogP contribution in [0.2, 0.25) is 0 Å². The summed E-state index contributed by atoms with van der Waals surface area (Å²) in [6, 6.07) is 16.8. The van der Waals surface area contributed by atoms with Crippen LogP contribution in [0, 0.1) is 13.8 Å². The van der Waals surface area contributed by atoms with Gasteiger partial charge in [0.1, 0.15) is 0 Å². The minimum Gasteiger partial charge on any atom is -0.434 e. The molecule has 0 saturated heterocycles. The molecule has 1 N–H and O–H groups in total. The van der Waals surface area contributed by atoms with E-state index in [1.807, 2.05) is 62.4 Å². The van der Waals surface area contributed by atoms with Gasteiger partial charge in [-0.15, -0.1) is 0 Å². The first kappa shape index (κ1) is 16.0. The van der Waals surface area contributed by atoms with Crippen molar-refractivity contribution in [1.82, 2.24) is 9.97 Å². The van der Waals surface area contributed by atoms with Crippen molar-refractivity contribution in [2.75, 3.05) is 5.32 Å². The molecule has 2 aromatic carbocycles. The molecule has 2 heterocycles. The average Bonchev–Trinajstić information content (AvgIpc) is 3.08. The number of hydrogen-bond acceptors (Lipinski definition) is 4. The normalized spacial score (nSPS) is 10.8. The summed E-state index contributed by atoms with van der Waals surface area (Å²) in [6.07, 6.45) is 1.68. The Balaban J connectivity index is 1.65. The number of aryl methyl sites for hydroxylation is 2. The van der Waals surface area contributed by atoms with Gasteiger partial charge in [0.15, 0.2) is 11.2 Å². The zero-order valence-corrected chi connectivity index (χ0v) is 14.5. The van der Waals surface area contributed by atoms with Crippen molar-refractivity contribution in [3.63, 3.8) is 0 Å². The lowest BCUT2D eigenvalue weighted by atomic mass is 10.1. The third-order valence-electron chi connectivity index (χ3n) is 4.21. The van der Waals surface area contributed by atoms with Gasteiger partial charge in [0.25, 0.3) is 5.91 Å². The van der Waals surface area contributed by atoms with Gasteiger partial charge in [0.2, 0.25) is 5.89 Å². The first-order valence-electron chi connectivity index (χ1n) is 8.31. The molecule has 0 aliphatic heterocycles. The first-order valence-corrected chi connectivity index (χ1v) is 8.31. The maximum Gasteiger partial charge on any atom is 0.255 e. The third kappa shape index (κ3) is 3.07. The molecule has 1 amide bonds. The first-order chi connectivity index (χ1) is 12.6. The van der Waals surface area contributed by atoms with Gasteiger partial charge < -0.3 is 9.73 Å². The number of carbonyl (C=O) groups excluding carboxylic acids is 1. The highest BCUT2D eigenvalue weighted by Crippen LogP contribution is 2.27. The number of fused-ring (bicyclic) bond motifs is 1. The molecule has 128 valence electrons. The van der Waals surface area contributed by atoms with Gasteiger partial charge in [0.05, 0.1) is 0 Å². The molecule has 4 rings (SSSR count). The molecule has 0 aliphatic rings. The molecule has 0 spiro atoms. The maximum absolute atomic E-state index is 12.5. The van der Waals surface area contributed by atoms with Crippen LogP contribution >= 0.6 is 0 Å². The molecule has 0 atom stereocenters. The van der Waals surface area contributed by atoms with Gasteiger partial charge in [-0.2, -0.15) is 4.98 Å². The second-order valence-electron chi connectivity index (χ2n) is 6.19. The van der Waals surface area contributed by atoms with Crippen LogP contribution in [0.25, 0.3) is 22.7 Å². The number of oxazole rings is 1. The van der Waals surface area contributed by atoms with Crippen LogP contribution in [-0.4, -0.2) is 15.9 Å². The highest BCUT2D eigenvalue weighted by Gasteiger charge is 2.12. The zero-order chi connectivity index (χ0) is 18.1. The molecular weight excluding hydrogens is 326 g/mol. The lowest BCUT2D eigenvalue weighted by Crippen LogP contribution is -2.12. The van der Waals surface area contributed by atoms with E-state index in [1.165, 1.54) is 0 Å². The second kappa shape index (κ2) is 6.44. The molecule has 5 heteroatoms. The van der Waals surface area contributed by atoms with E-state index in [1.54, 1.807) is 12.3 Å². The van der Waals surface area contributed by atoms with Crippen LogP contribution in [0.1, 0.15) is 21.5 Å². The second-order valence-corrected chi connectivity index (χ2v) is 6.19. The van der Waals surface area contributed by atoms with E-state index >= 15 is 0 Å². The van der Waals surface area contributed by atoms with E-state index in [0.717, 1.165) is 22.4 Å². The molecule has 2 aromatic heterocycles. The SMILES string of the molecule is Cc1ccc(C(=O)Nc2cc(-c3nc4ncccc4o3)ccc2C)cc1. The number of pyridine rings is 1. The minimum atomic E-state index is -0.149. The summed E-state index contributed by atoms with van der Waals surface area (Å²) in [4.78, 5) is 21.1. The van der Waals surface area contributed by atoms with Crippen molar-refractivity contribution < 1.29 is 9.21 Å². The van der Waals surface area contributed by atoms with Crippen molar-refractivity contribution in [1.29, 1.82) is 0 Å². The summed E-state index contributed by atoms with van der Waals surface area (Å²) in [7, 11) is 0. The number of nitrogens with zero attached hydrogens (tertiary/aromatic N) is 2. The van der Waals surface area contributed by atoms with Crippen LogP contribution in [0.5, 0.6) is 0 Å². The summed E-state index contributed by atoms with van der Waals surface area (Å²) >= 11 is 0. The summed E-state index contributed by atoms with van der Waals surface area (Å²) in [5.74, 6) is 0.328. The van der Waals surface area contributed by atoms with Crippen molar-refractivity contribution in [3.8, 4) is 11.5 Å². The number of carbonyl (C=O) groups is 1. The van der Waals surface area contributed by atoms with Crippen molar-refractivity contribution in [3.05, 3.63) is 77.5 Å². The molecule has 0 saturated carbocycles. The number of nitrogens with one attached hydrogen (secondary N) is 1. The third-order valence-corrected chi connectivity index (χ3v) is 4.21. The van der Waals surface area contributed by atoms with E-state index in [2.05, 4.69) is 15.3 Å². The molecule has 0 fully saturated rings. The average molecular weight is 343 g/mol. The van der Waals surface area contributed by atoms with Gasteiger partial charge in [-0.3, -0.25) is 4.79 Å². The monoisotopic (exact) mass is 343 g/mol. The summed E-state index contributed by atoms with van der Waals surface area (Å²) in [6.45, 7) is 3.94. The fourth-order valence-electron chi connectivity index (χ4n) is 2.68. The van der Waals surface area contributed by atoms with Crippen LogP contribution in [-0.2, 0) is 0 Å². The Morgan fingerprint density at radius 1 is 1.04 bits per heavy atom. The number of benzene rings is 2. The number of rotatable bonds is 3. The Labute approximate surface area is 150 Å². The van der Waals surface area contributed by atoms with E-state index in [4.69, 9.17) is 4.42 Å². The van der Waals surface area contributed by atoms with Gasteiger partial charge in [-0.05, 0) is 55.8 Å². The number of aromatic nitrogens is 2. The largest absolute Gasteiger partial charge is 0.434 e. The Bertz CT molecular complexity index is 1060. The van der Waals surface area contributed by atoms with E-state index in [9.17, 15) is 4.79 Å². The summed E-state index contributed by atoms with van der Waals surface area (Å²) < 4.78 is 5.77. The standard InChI is InChI=1S/C21H17N3O2/c1-13-5-8-15(9-6-13)20(25)23-17-12-16(10-7-14(17)2)21-24-19-18(26-21)4-3-11-22-19/h3-12H,1-2H3,(H,23,25). The van der Waals surface area contributed by atoms with Crippen molar-refractivity contribution in [2.45, 2.75) is 13.8 Å². The predicted octanol–water partition coefficient (Wildman–Crippen LogP) is 4.76. The zero-order valence-electron chi connectivity index (χ0n) is 14.5. The van der Waals surface area contributed by atoms with Gasteiger partial charge in [0, 0.05) is 23.0 Å². The van der Waals surface area contributed by atoms with Crippen LogP contribution in [0.3, 0.4) is 0 Å². The topological polar surface area (TPSA) is 68.0 Å². The quantitative estimate of drug-likeness (QED) is 0.582. The maximum atomic E-state index is 12.5. The Hall–Kier alpha value is -3.47. The number of amides is 1. The molecule has 0 bridgehead atoms. The fourth-order valence-corrected chi connectivity index (χ4v) is 2.68. The van der Waals surface area contributed by atoms with E-state index in [0.29, 0.717) is 22.7 Å². The molecule has 5 nitrogen and oxygen atoms in total. The lowest BCUT2D eigenvalue weighted by molar-refractivity contribution is 0.102. The molecule has 0 unspecified atom stereocenters. The highest BCUT2D eigenvalue weighted by molar-refractivity contribution is 6.04. The van der Waals surface area contributed by atoms with Crippen LogP contribution < -0.4 is 5.32 Å². The van der Waals surface area contributed by atoms with Crippen LogP contribution in [0.4, 0.5) is 5.69 Å². The predicted molar refractivity (Wildman–Crippen MR) is 101 cm³/mol. The molecule has 0 radical (unpaired) electrons. The van der Waals surface area contributed by atoms with E-state index < -0.39 is 0 Å². The van der Waals surface area contributed by atoms with Crippen LogP contribution in [0.15, 0.2) is 65.2 Å². The molecule has 0 aliphatic carbocycles. The fraction of sp³-hybridized carbons (Fsp3) is 0.0952. The van der Waals surface area contributed by atoms with E-state index in [-0.39, 0.29) is 5.91 Å². The summed E-state index contributed by atoms with van der Waals surface area (Å²) in [5, 5.41) is 2.97. The minimum absolute atomic E-state index is 0.149. The number of hydrogen-bond donors (Lipinski definition) is 1. The Morgan fingerprint density at radius 2 is 1.85 bits per heavy atom. The lowest BCUT2D eigenvalue weighted by Gasteiger charge is -2.10. The number of anilines is 1. The highest BCUT2D eigenvalue weighted by atomic mass is 16.3. The van der Waals surface area contributed by atoms with Gasteiger partial charge in [-0.1, -0.05) is 23.8 Å². The van der Waals surface area contributed by atoms with Crippen molar-refractivity contribution >= 4 is 22.8 Å². The Morgan fingerprint density at radius 3 is 2.62 bits per heavy atom.